The third-order valence-electron chi connectivity index (χ3n) is 7.98. The van der Waals surface area contributed by atoms with Gasteiger partial charge in [-0.1, -0.05) is 19.1 Å². The summed E-state index contributed by atoms with van der Waals surface area (Å²) in [5.41, 5.74) is 5.84. The number of carbonyl (C=O) groups is 2. The first kappa shape index (κ1) is 19.7. The van der Waals surface area contributed by atoms with E-state index < -0.39 is 0 Å². The van der Waals surface area contributed by atoms with Crippen LogP contribution >= 0.6 is 0 Å². The number of allylic oxidation sites excluding steroid dienone is 3. The fourth-order valence-corrected chi connectivity index (χ4v) is 6.28. The number of ketones is 2. The summed E-state index contributed by atoms with van der Waals surface area (Å²) in [5, 5.41) is 0. The van der Waals surface area contributed by atoms with E-state index in [1.54, 1.807) is 0 Å². The van der Waals surface area contributed by atoms with Crippen molar-refractivity contribution in [3.63, 3.8) is 0 Å². The quantitative estimate of drug-likeness (QED) is 0.709. The average Bonchev–Trinajstić information content (AvgIpc) is 2.95. The zero-order chi connectivity index (χ0) is 21.0. The van der Waals surface area contributed by atoms with Gasteiger partial charge in [-0.25, -0.2) is 0 Å². The lowest BCUT2D eigenvalue weighted by atomic mass is 9.64. The summed E-state index contributed by atoms with van der Waals surface area (Å²) in [4.78, 5) is 27.1. The number of nitrogens with zero attached hydrogens (tertiary/aromatic N) is 1. The van der Waals surface area contributed by atoms with Gasteiger partial charge >= 0.3 is 0 Å². The number of benzene rings is 1. The van der Waals surface area contributed by atoms with Crippen LogP contribution in [0.4, 0.5) is 5.69 Å². The summed E-state index contributed by atoms with van der Waals surface area (Å²) in [6, 6.07) is 8.62. The Kier molecular flexibility index (Phi) is 4.73. The standard InChI is InChI=1S/C26H31NO3/c1-26-15-30-25(16-4-7-18(8-5-16)27(2)3)24-20-11-9-19(28)14-17(20)6-10-21(24)22(26)12-13-23(26)29/h4-5,7-8,14,21-22,25H,6,9-13,15H2,1-3H3/t21?,22?,25-,26?/m1/s1. The topological polar surface area (TPSA) is 46.6 Å². The zero-order valence-electron chi connectivity index (χ0n) is 18.2. The molecule has 1 saturated heterocycles. The molecule has 4 heteroatoms. The highest BCUT2D eigenvalue weighted by atomic mass is 16.5. The fraction of sp³-hybridized carbons (Fsp3) is 0.538. The molecule has 3 aliphatic carbocycles. The van der Waals surface area contributed by atoms with Gasteiger partial charge in [0.25, 0.3) is 0 Å². The van der Waals surface area contributed by atoms with Gasteiger partial charge in [0.05, 0.1) is 12.0 Å². The molecule has 1 heterocycles. The number of hydrogen-bond donors (Lipinski definition) is 0. The number of anilines is 1. The van der Waals surface area contributed by atoms with Gasteiger partial charge in [-0.3, -0.25) is 9.59 Å². The molecule has 0 aromatic heterocycles. The first-order valence-corrected chi connectivity index (χ1v) is 11.3. The molecule has 4 nitrogen and oxygen atoms in total. The summed E-state index contributed by atoms with van der Waals surface area (Å²) < 4.78 is 6.62. The molecule has 30 heavy (non-hydrogen) atoms. The number of carbonyl (C=O) groups excluding carboxylic acids is 2. The van der Waals surface area contributed by atoms with Crippen LogP contribution in [-0.2, 0) is 14.3 Å². The van der Waals surface area contributed by atoms with E-state index in [0.29, 0.717) is 37.1 Å². The molecule has 0 spiro atoms. The van der Waals surface area contributed by atoms with E-state index in [4.69, 9.17) is 4.74 Å². The molecule has 158 valence electrons. The van der Waals surface area contributed by atoms with Crippen molar-refractivity contribution in [1.82, 2.24) is 0 Å². The van der Waals surface area contributed by atoms with E-state index in [1.165, 1.54) is 16.7 Å². The maximum atomic E-state index is 12.9. The Bertz CT molecular complexity index is 955. The fourth-order valence-electron chi connectivity index (χ4n) is 6.28. The predicted molar refractivity (Wildman–Crippen MR) is 117 cm³/mol. The van der Waals surface area contributed by atoms with Crippen LogP contribution < -0.4 is 4.90 Å². The Morgan fingerprint density at radius 1 is 1.00 bits per heavy atom. The molecule has 1 aromatic carbocycles. The third kappa shape index (κ3) is 2.99. The van der Waals surface area contributed by atoms with Crippen LogP contribution in [0.1, 0.15) is 57.1 Å². The minimum Gasteiger partial charge on any atom is -0.378 e. The number of fused-ring (bicyclic) bond motifs is 4. The highest BCUT2D eigenvalue weighted by Gasteiger charge is 2.54. The second-order valence-corrected chi connectivity index (χ2v) is 9.88. The Hall–Kier alpha value is -2.20. The lowest BCUT2D eigenvalue weighted by Gasteiger charge is -2.39. The molecule has 0 amide bonds. The van der Waals surface area contributed by atoms with E-state index in [1.807, 2.05) is 20.2 Å². The van der Waals surface area contributed by atoms with Crippen molar-refractivity contribution in [2.75, 3.05) is 25.6 Å². The summed E-state index contributed by atoms with van der Waals surface area (Å²) in [7, 11) is 4.09. The van der Waals surface area contributed by atoms with Crippen LogP contribution in [0.25, 0.3) is 0 Å². The van der Waals surface area contributed by atoms with Gasteiger partial charge in [-0.15, -0.1) is 0 Å². The summed E-state index contributed by atoms with van der Waals surface area (Å²) in [6.07, 6.45) is 6.73. The maximum absolute atomic E-state index is 12.9. The summed E-state index contributed by atoms with van der Waals surface area (Å²) >= 11 is 0. The molecule has 2 fully saturated rings. The number of rotatable bonds is 2. The molecule has 1 saturated carbocycles. The van der Waals surface area contributed by atoms with E-state index in [0.717, 1.165) is 36.9 Å². The summed E-state index contributed by atoms with van der Waals surface area (Å²) in [6.45, 7) is 2.62. The van der Waals surface area contributed by atoms with E-state index in [2.05, 4.69) is 36.1 Å². The first-order valence-electron chi connectivity index (χ1n) is 11.3. The van der Waals surface area contributed by atoms with Crippen LogP contribution in [0.2, 0.25) is 0 Å². The highest BCUT2D eigenvalue weighted by Crippen LogP contribution is 2.57. The van der Waals surface area contributed by atoms with Crippen molar-refractivity contribution in [3.05, 3.63) is 52.6 Å². The zero-order valence-corrected chi connectivity index (χ0v) is 18.2. The Morgan fingerprint density at radius 3 is 2.50 bits per heavy atom. The normalized spacial score (nSPS) is 33.4. The Labute approximate surface area is 179 Å². The van der Waals surface area contributed by atoms with E-state index in [9.17, 15) is 9.59 Å². The van der Waals surface area contributed by atoms with Crippen molar-refractivity contribution < 1.29 is 14.3 Å². The van der Waals surface area contributed by atoms with Crippen LogP contribution in [0.3, 0.4) is 0 Å². The molecule has 0 bridgehead atoms. The van der Waals surface area contributed by atoms with Crippen LogP contribution in [0, 0.1) is 17.3 Å². The molecule has 4 atom stereocenters. The van der Waals surface area contributed by atoms with E-state index in [-0.39, 0.29) is 17.3 Å². The van der Waals surface area contributed by atoms with Crippen molar-refractivity contribution in [3.8, 4) is 0 Å². The van der Waals surface area contributed by atoms with Crippen molar-refractivity contribution in [1.29, 1.82) is 0 Å². The molecule has 1 aromatic rings. The lowest BCUT2D eigenvalue weighted by molar-refractivity contribution is -0.130. The predicted octanol–water partition coefficient (Wildman–Crippen LogP) is 4.81. The summed E-state index contributed by atoms with van der Waals surface area (Å²) in [5.74, 6) is 1.32. The van der Waals surface area contributed by atoms with Crippen LogP contribution in [-0.4, -0.2) is 32.3 Å². The van der Waals surface area contributed by atoms with Gasteiger partial charge in [0.2, 0.25) is 0 Å². The second-order valence-electron chi connectivity index (χ2n) is 9.88. The van der Waals surface area contributed by atoms with Gasteiger partial charge in [0, 0.05) is 32.6 Å². The minimum absolute atomic E-state index is 0.131. The second kappa shape index (κ2) is 7.19. The molecule has 5 rings (SSSR count). The monoisotopic (exact) mass is 405 g/mol. The number of ether oxygens (including phenoxy) is 1. The molecule has 0 radical (unpaired) electrons. The van der Waals surface area contributed by atoms with Crippen LogP contribution in [0.5, 0.6) is 0 Å². The maximum Gasteiger partial charge on any atom is 0.156 e. The van der Waals surface area contributed by atoms with Crippen molar-refractivity contribution in [2.24, 2.45) is 17.3 Å². The molecule has 0 N–H and O–H groups in total. The smallest absolute Gasteiger partial charge is 0.156 e. The SMILES string of the molecule is CN(C)c1ccc([C@H]2OCC3(C)C(=O)CCC3C3CCC4=CC(=O)CCC4=C32)cc1. The van der Waals surface area contributed by atoms with Gasteiger partial charge in [0.15, 0.2) is 5.78 Å². The van der Waals surface area contributed by atoms with Crippen molar-refractivity contribution >= 4 is 17.3 Å². The van der Waals surface area contributed by atoms with Crippen molar-refractivity contribution in [2.45, 2.75) is 51.6 Å². The molecular weight excluding hydrogens is 374 g/mol. The molecular formula is C26H31NO3. The third-order valence-corrected chi connectivity index (χ3v) is 7.98. The van der Waals surface area contributed by atoms with Crippen LogP contribution in [0.15, 0.2) is 47.1 Å². The first-order chi connectivity index (χ1) is 14.4. The molecule has 1 aliphatic heterocycles. The lowest BCUT2D eigenvalue weighted by Crippen LogP contribution is -2.36. The van der Waals surface area contributed by atoms with Gasteiger partial charge < -0.3 is 9.64 Å². The van der Waals surface area contributed by atoms with Gasteiger partial charge in [0.1, 0.15) is 11.9 Å². The van der Waals surface area contributed by atoms with E-state index >= 15 is 0 Å². The Morgan fingerprint density at radius 2 is 1.77 bits per heavy atom. The molecule has 3 unspecified atom stereocenters. The largest absolute Gasteiger partial charge is 0.378 e. The van der Waals surface area contributed by atoms with Gasteiger partial charge in [-0.2, -0.15) is 0 Å². The number of Topliss-reactive ketones (excluding diaryl/α,β-unsaturated/α-hetero) is 1. The highest BCUT2D eigenvalue weighted by molar-refractivity contribution is 5.93. The van der Waals surface area contributed by atoms with Gasteiger partial charge in [-0.05, 0) is 78.0 Å². The minimum atomic E-state index is -0.388. The Balaban J connectivity index is 1.65. The molecule has 4 aliphatic rings. The number of hydrogen-bond acceptors (Lipinski definition) is 4. The average molecular weight is 406 g/mol.